The Balaban J connectivity index is 2.27. The van der Waals surface area contributed by atoms with Crippen LogP contribution < -0.4 is 15.8 Å². The maximum Gasteiger partial charge on any atom is 0.225 e. The molecule has 0 aliphatic heterocycles. The van der Waals surface area contributed by atoms with Gasteiger partial charge < -0.3 is 15.8 Å². The van der Waals surface area contributed by atoms with Crippen LogP contribution in [-0.2, 0) is 0 Å². The van der Waals surface area contributed by atoms with Gasteiger partial charge in [0.25, 0.3) is 0 Å². The molecular weight excluding hydrogens is 303 g/mol. The highest BCUT2D eigenvalue weighted by atomic mass is 79.9. The van der Waals surface area contributed by atoms with E-state index in [1.165, 1.54) is 13.2 Å². The quantitative estimate of drug-likeness (QED) is 0.911. The molecule has 0 aliphatic carbocycles. The number of halogens is 2. The topological polar surface area (TPSA) is 73.1 Å². The first kappa shape index (κ1) is 12.6. The van der Waals surface area contributed by atoms with Crippen LogP contribution in [0, 0.1) is 5.82 Å². The number of rotatable bonds is 3. The molecule has 2 aromatic rings. The third kappa shape index (κ3) is 2.86. The molecule has 0 unspecified atom stereocenters. The average Bonchev–Trinajstić information content (AvgIpc) is 2.33. The van der Waals surface area contributed by atoms with Gasteiger partial charge >= 0.3 is 0 Å². The van der Waals surface area contributed by atoms with Crippen LogP contribution >= 0.6 is 15.9 Å². The van der Waals surface area contributed by atoms with Gasteiger partial charge in [-0.05, 0) is 34.1 Å². The lowest BCUT2D eigenvalue weighted by atomic mass is 10.3. The molecule has 0 amide bonds. The van der Waals surface area contributed by atoms with Gasteiger partial charge in [0.05, 0.1) is 11.6 Å². The fourth-order valence-electron chi connectivity index (χ4n) is 1.33. The van der Waals surface area contributed by atoms with E-state index in [2.05, 4.69) is 31.2 Å². The second-order valence-electron chi connectivity index (χ2n) is 3.41. The Bertz CT molecular complexity index is 579. The Morgan fingerprint density at radius 1 is 1.33 bits per heavy atom. The zero-order valence-electron chi connectivity index (χ0n) is 9.45. The minimum Gasteiger partial charge on any atom is -0.481 e. The van der Waals surface area contributed by atoms with Gasteiger partial charge in [-0.2, -0.15) is 9.97 Å². The molecule has 1 heterocycles. The van der Waals surface area contributed by atoms with Gasteiger partial charge in [0, 0.05) is 11.8 Å². The van der Waals surface area contributed by atoms with E-state index in [0.29, 0.717) is 21.9 Å². The number of aromatic nitrogens is 2. The largest absolute Gasteiger partial charge is 0.481 e. The summed E-state index contributed by atoms with van der Waals surface area (Å²) in [7, 11) is 1.49. The lowest BCUT2D eigenvalue weighted by Gasteiger charge is -2.08. The minimum absolute atomic E-state index is 0.0954. The average molecular weight is 313 g/mol. The summed E-state index contributed by atoms with van der Waals surface area (Å²) in [5.41, 5.74) is 6.20. The predicted octanol–water partition coefficient (Wildman–Crippen LogP) is 2.71. The molecule has 94 valence electrons. The van der Waals surface area contributed by atoms with Crippen LogP contribution in [0.1, 0.15) is 0 Å². The highest BCUT2D eigenvalue weighted by Crippen LogP contribution is 2.23. The van der Waals surface area contributed by atoms with Crippen LogP contribution in [0.2, 0.25) is 0 Å². The molecule has 0 radical (unpaired) electrons. The summed E-state index contributed by atoms with van der Waals surface area (Å²) in [6.45, 7) is 0. The minimum atomic E-state index is -0.333. The zero-order valence-corrected chi connectivity index (χ0v) is 11.0. The fraction of sp³-hybridized carbons (Fsp3) is 0.0909. The van der Waals surface area contributed by atoms with Crippen LogP contribution in [0.25, 0.3) is 0 Å². The Labute approximate surface area is 111 Å². The summed E-state index contributed by atoms with van der Waals surface area (Å²) >= 11 is 3.10. The van der Waals surface area contributed by atoms with Crippen molar-refractivity contribution in [3.8, 4) is 5.88 Å². The summed E-state index contributed by atoms with van der Waals surface area (Å²) in [6, 6.07) is 6.12. The van der Waals surface area contributed by atoms with Gasteiger partial charge in [0.15, 0.2) is 0 Å². The Morgan fingerprint density at radius 3 is 2.78 bits per heavy atom. The molecule has 0 aliphatic rings. The van der Waals surface area contributed by atoms with E-state index >= 15 is 0 Å². The molecule has 2 rings (SSSR count). The van der Waals surface area contributed by atoms with Crippen molar-refractivity contribution in [3.05, 3.63) is 34.6 Å². The molecule has 0 saturated heterocycles. The molecule has 7 heteroatoms. The lowest BCUT2D eigenvalue weighted by Crippen LogP contribution is -2.01. The number of anilines is 3. The maximum atomic E-state index is 13.1. The van der Waals surface area contributed by atoms with Crippen LogP contribution in [0.4, 0.5) is 21.8 Å². The van der Waals surface area contributed by atoms with Crippen molar-refractivity contribution in [1.82, 2.24) is 9.97 Å². The van der Waals surface area contributed by atoms with E-state index in [1.807, 2.05) is 0 Å². The van der Waals surface area contributed by atoms with E-state index in [1.54, 1.807) is 18.2 Å². The Kier molecular flexibility index (Phi) is 3.61. The van der Waals surface area contributed by atoms with Gasteiger partial charge in [-0.15, -0.1) is 0 Å². The molecule has 1 aromatic carbocycles. The fourth-order valence-corrected chi connectivity index (χ4v) is 1.71. The number of methoxy groups -OCH3 is 1. The van der Waals surface area contributed by atoms with Gasteiger partial charge in [-0.1, -0.05) is 0 Å². The number of nitrogens with two attached hydrogens (primary N) is 1. The summed E-state index contributed by atoms with van der Waals surface area (Å²) < 4.78 is 18.4. The van der Waals surface area contributed by atoms with Crippen molar-refractivity contribution in [3.63, 3.8) is 0 Å². The molecule has 0 spiro atoms. The molecule has 18 heavy (non-hydrogen) atoms. The molecule has 0 atom stereocenters. The summed E-state index contributed by atoms with van der Waals surface area (Å²) in [4.78, 5) is 7.86. The van der Waals surface area contributed by atoms with Crippen molar-refractivity contribution in [1.29, 1.82) is 0 Å². The molecule has 0 fully saturated rings. The van der Waals surface area contributed by atoms with Gasteiger partial charge in [0.2, 0.25) is 11.8 Å². The van der Waals surface area contributed by atoms with E-state index in [0.717, 1.165) is 0 Å². The lowest BCUT2D eigenvalue weighted by molar-refractivity contribution is 0.398. The van der Waals surface area contributed by atoms with Crippen molar-refractivity contribution in [2.45, 2.75) is 0 Å². The van der Waals surface area contributed by atoms with Crippen LogP contribution in [0.15, 0.2) is 28.7 Å². The van der Waals surface area contributed by atoms with Gasteiger partial charge in [0.1, 0.15) is 11.6 Å². The normalized spacial score (nSPS) is 10.2. The van der Waals surface area contributed by atoms with E-state index in [4.69, 9.17) is 10.5 Å². The first-order valence-corrected chi connectivity index (χ1v) is 5.78. The van der Waals surface area contributed by atoms with Crippen molar-refractivity contribution in [2.75, 3.05) is 18.2 Å². The number of nitrogens with zero attached hydrogens (tertiary/aromatic N) is 2. The molecular formula is C11H10BrFN4O. The standard InChI is InChI=1S/C11H10BrFN4O/c1-18-10-5-9(16-11(14)17-10)15-6-2-3-8(13)7(12)4-6/h2-5H,1H3,(H3,14,15,16,17). The Morgan fingerprint density at radius 2 is 2.11 bits per heavy atom. The highest BCUT2D eigenvalue weighted by Gasteiger charge is 2.05. The van der Waals surface area contributed by atoms with Crippen molar-refractivity contribution >= 4 is 33.4 Å². The maximum absolute atomic E-state index is 13.1. The molecule has 0 bridgehead atoms. The van der Waals surface area contributed by atoms with Crippen molar-refractivity contribution in [2.24, 2.45) is 0 Å². The first-order valence-electron chi connectivity index (χ1n) is 4.99. The summed E-state index contributed by atoms with van der Waals surface area (Å²) in [5, 5.41) is 2.98. The number of hydrogen-bond donors (Lipinski definition) is 2. The summed E-state index contributed by atoms with van der Waals surface area (Å²) in [6.07, 6.45) is 0. The second-order valence-corrected chi connectivity index (χ2v) is 4.26. The van der Waals surface area contributed by atoms with Crippen molar-refractivity contribution < 1.29 is 9.13 Å². The number of nitrogens with one attached hydrogen (secondary N) is 1. The number of ether oxygens (including phenoxy) is 1. The number of nitrogen functional groups attached to an aromatic ring is 1. The molecule has 0 saturated carbocycles. The van der Waals surface area contributed by atoms with Crippen LogP contribution in [-0.4, -0.2) is 17.1 Å². The van der Waals surface area contributed by atoms with Crippen LogP contribution in [0.5, 0.6) is 5.88 Å². The van der Waals surface area contributed by atoms with Gasteiger partial charge in [-0.3, -0.25) is 0 Å². The summed E-state index contributed by atoms with van der Waals surface area (Å²) in [5.74, 6) is 0.586. The monoisotopic (exact) mass is 312 g/mol. The van der Waals surface area contributed by atoms with Gasteiger partial charge in [-0.25, -0.2) is 4.39 Å². The van der Waals surface area contributed by atoms with E-state index < -0.39 is 0 Å². The smallest absolute Gasteiger partial charge is 0.225 e. The van der Waals surface area contributed by atoms with E-state index in [-0.39, 0.29) is 11.8 Å². The highest BCUT2D eigenvalue weighted by molar-refractivity contribution is 9.10. The SMILES string of the molecule is COc1cc(Nc2ccc(F)c(Br)c2)nc(N)n1. The second kappa shape index (κ2) is 5.18. The van der Waals surface area contributed by atoms with Crippen LogP contribution in [0.3, 0.4) is 0 Å². The molecule has 1 aromatic heterocycles. The number of hydrogen-bond acceptors (Lipinski definition) is 5. The third-order valence-electron chi connectivity index (χ3n) is 2.12. The number of benzene rings is 1. The van der Waals surface area contributed by atoms with E-state index in [9.17, 15) is 4.39 Å². The predicted molar refractivity (Wildman–Crippen MR) is 70.4 cm³/mol. The molecule has 5 nitrogen and oxygen atoms in total. The first-order chi connectivity index (χ1) is 8.58. The zero-order chi connectivity index (χ0) is 13.1. The third-order valence-corrected chi connectivity index (χ3v) is 2.73. The molecule has 3 N–H and O–H groups in total. The Hall–Kier alpha value is -1.89.